The van der Waals surface area contributed by atoms with Gasteiger partial charge in [0.15, 0.2) is 0 Å². The van der Waals surface area contributed by atoms with Gasteiger partial charge in [-0.1, -0.05) is 0 Å². The Kier molecular flexibility index (Phi) is 5.63. The van der Waals surface area contributed by atoms with Crippen LogP contribution in [0.15, 0.2) is 12.1 Å². The highest BCUT2D eigenvalue weighted by Gasteiger charge is 2.15. The maximum absolute atomic E-state index is 11.1. The fraction of sp³-hybridized carbons (Fsp3) is 0.500. The van der Waals surface area contributed by atoms with E-state index in [2.05, 4.69) is 0 Å². The summed E-state index contributed by atoms with van der Waals surface area (Å²) < 4.78 is 15.9. The van der Waals surface area contributed by atoms with Gasteiger partial charge < -0.3 is 14.2 Å². The van der Waals surface area contributed by atoms with Crippen LogP contribution in [0.1, 0.15) is 12.5 Å². The normalized spacial score (nSPS) is 10.4. The van der Waals surface area contributed by atoms with Crippen molar-refractivity contribution in [3.05, 3.63) is 17.7 Å². The number of methoxy groups -OCH3 is 3. The topological polar surface area (TPSA) is 48.0 Å². The summed E-state index contributed by atoms with van der Waals surface area (Å²) >= 11 is 0. The van der Waals surface area contributed by atoms with Crippen LogP contribution in [0.25, 0.3) is 0 Å². The molecule has 0 unspecified atom stereocenters. The molecule has 0 aromatic heterocycles. The summed E-state index contributed by atoms with van der Waals surface area (Å²) in [5.74, 6) is 2.17. The molecule has 19 heavy (non-hydrogen) atoms. The summed E-state index contributed by atoms with van der Waals surface area (Å²) in [5.41, 5.74) is 0.898. The number of Topliss-reactive ketones (excluding diaryl/α,β-unsaturated/α-hetero) is 1. The van der Waals surface area contributed by atoms with Crippen molar-refractivity contribution in [2.24, 2.45) is 0 Å². The van der Waals surface area contributed by atoms with Crippen LogP contribution in [0.5, 0.6) is 17.2 Å². The lowest BCUT2D eigenvalue weighted by Crippen LogP contribution is -2.24. The average Bonchev–Trinajstić information content (AvgIpc) is 2.37. The van der Waals surface area contributed by atoms with Crippen LogP contribution in [0.3, 0.4) is 0 Å². The minimum atomic E-state index is 0.119. The lowest BCUT2D eigenvalue weighted by atomic mass is 10.1. The van der Waals surface area contributed by atoms with Crippen molar-refractivity contribution in [3.8, 4) is 17.2 Å². The van der Waals surface area contributed by atoms with E-state index in [9.17, 15) is 4.79 Å². The van der Waals surface area contributed by atoms with Gasteiger partial charge in [0, 0.05) is 18.7 Å². The summed E-state index contributed by atoms with van der Waals surface area (Å²) in [6.45, 7) is 2.52. The lowest BCUT2D eigenvalue weighted by molar-refractivity contribution is -0.117. The van der Waals surface area contributed by atoms with Crippen molar-refractivity contribution in [3.63, 3.8) is 0 Å². The molecule has 0 saturated carbocycles. The second-order valence-corrected chi connectivity index (χ2v) is 4.38. The van der Waals surface area contributed by atoms with Gasteiger partial charge in [-0.05, 0) is 14.0 Å². The summed E-state index contributed by atoms with van der Waals surface area (Å²) in [7, 11) is 6.67. The molecule has 0 N–H and O–H groups in total. The number of hydrogen-bond acceptors (Lipinski definition) is 5. The Bertz CT molecular complexity index is 420. The fourth-order valence-electron chi connectivity index (χ4n) is 1.94. The second kappa shape index (κ2) is 6.99. The van der Waals surface area contributed by atoms with Crippen LogP contribution in [0.4, 0.5) is 0 Å². The van der Waals surface area contributed by atoms with E-state index in [0.29, 0.717) is 30.3 Å². The molecule has 5 heteroatoms. The van der Waals surface area contributed by atoms with Crippen LogP contribution < -0.4 is 14.2 Å². The van der Waals surface area contributed by atoms with Crippen LogP contribution in [-0.4, -0.2) is 45.6 Å². The molecule has 5 nitrogen and oxygen atoms in total. The molecule has 106 valence electrons. The zero-order valence-corrected chi connectivity index (χ0v) is 12.1. The van der Waals surface area contributed by atoms with Crippen molar-refractivity contribution in [1.82, 2.24) is 4.90 Å². The number of carbonyl (C=O) groups is 1. The third-order valence-electron chi connectivity index (χ3n) is 2.74. The number of rotatable bonds is 7. The van der Waals surface area contributed by atoms with Crippen LogP contribution in [0.2, 0.25) is 0 Å². The standard InChI is InChI=1S/C14H21NO4/c1-10(16)8-15(2)9-12-13(18-4)6-11(17-3)7-14(12)19-5/h6-7H,8-9H2,1-5H3. The van der Waals surface area contributed by atoms with Crippen molar-refractivity contribution >= 4 is 5.78 Å². The van der Waals surface area contributed by atoms with Gasteiger partial charge in [-0.15, -0.1) is 0 Å². The summed E-state index contributed by atoms with van der Waals surface area (Å²) in [5, 5.41) is 0. The highest BCUT2D eigenvalue weighted by molar-refractivity contribution is 5.77. The highest BCUT2D eigenvalue weighted by atomic mass is 16.5. The lowest BCUT2D eigenvalue weighted by Gasteiger charge is -2.20. The molecule has 0 aliphatic rings. The second-order valence-electron chi connectivity index (χ2n) is 4.38. The molecule has 0 bridgehead atoms. The van der Waals surface area contributed by atoms with Crippen molar-refractivity contribution in [2.45, 2.75) is 13.5 Å². The molecule has 0 aliphatic carbocycles. The molecule has 0 fully saturated rings. The number of likely N-dealkylation sites (N-methyl/N-ethyl adjacent to an activating group) is 1. The van der Waals surface area contributed by atoms with Gasteiger partial charge in [-0.2, -0.15) is 0 Å². The number of benzene rings is 1. The van der Waals surface area contributed by atoms with Gasteiger partial charge in [0.1, 0.15) is 23.0 Å². The molecule has 1 aromatic carbocycles. The maximum Gasteiger partial charge on any atom is 0.143 e. The van der Waals surface area contributed by atoms with Gasteiger partial charge in [-0.3, -0.25) is 9.69 Å². The Labute approximate surface area is 114 Å². The molecule has 1 rings (SSSR count). The van der Waals surface area contributed by atoms with E-state index in [-0.39, 0.29) is 5.78 Å². The monoisotopic (exact) mass is 267 g/mol. The van der Waals surface area contributed by atoms with E-state index in [1.807, 2.05) is 11.9 Å². The van der Waals surface area contributed by atoms with E-state index in [1.165, 1.54) is 0 Å². The van der Waals surface area contributed by atoms with Crippen LogP contribution in [0, 0.1) is 0 Å². The van der Waals surface area contributed by atoms with Crippen molar-refractivity contribution < 1.29 is 19.0 Å². The van der Waals surface area contributed by atoms with E-state index >= 15 is 0 Å². The zero-order chi connectivity index (χ0) is 14.4. The highest BCUT2D eigenvalue weighted by Crippen LogP contribution is 2.34. The molecular weight excluding hydrogens is 246 g/mol. The summed E-state index contributed by atoms with van der Waals surface area (Å²) in [4.78, 5) is 13.0. The Hall–Kier alpha value is -1.75. The van der Waals surface area contributed by atoms with E-state index in [4.69, 9.17) is 14.2 Å². The number of ether oxygens (including phenoxy) is 3. The van der Waals surface area contributed by atoms with Crippen molar-refractivity contribution in [1.29, 1.82) is 0 Å². The van der Waals surface area contributed by atoms with Gasteiger partial charge in [0.25, 0.3) is 0 Å². The predicted molar refractivity (Wildman–Crippen MR) is 73.1 cm³/mol. The first-order valence-corrected chi connectivity index (χ1v) is 5.98. The smallest absolute Gasteiger partial charge is 0.143 e. The minimum absolute atomic E-state index is 0.119. The molecule has 0 radical (unpaired) electrons. The molecule has 0 saturated heterocycles. The van der Waals surface area contributed by atoms with E-state index < -0.39 is 0 Å². The van der Waals surface area contributed by atoms with Crippen molar-refractivity contribution in [2.75, 3.05) is 34.9 Å². The van der Waals surface area contributed by atoms with Crippen LogP contribution >= 0.6 is 0 Å². The predicted octanol–water partition coefficient (Wildman–Crippen LogP) is 1.73. The SMILES string of the molecule is COc1cc(OC)c(CN(C)CC(C)=O)c(OC)c1. The van der Waals surface area contributed by atoms with E-state index in [0.717, 1.165) is 5.56 Å². The summed E-state index contributed by atoms with van der Waals surface area (Å²) in [6, 6.07) is 3.61. The summed E-state index contributed by atoms with van der Waals surface area (Å²) in [6.07, 6.45) is 0. The Morgan fingerprint density at radius 3 is 2.00 bits per heavy atom. The molecule has 0 amide bonds. The number of hydrogen-bond donors (Lipinski definition) is 0. The molecule has 0 aliphatic heterocycles. The fourth-order valence-corrected chi connectivity index (χ4v) is 1.94. The molecule has 0 heterocycles. The van der Waals surface area contributed by atoms with Gasteiger partial charge in [-0.25, -0.2) is 0 Å². The third-order valence-corrected chi connectivity index (χ3v) is 2.74. The number of carbonyl (C=O) groups excluding carboxylic acids is 1. The molecule has 1 aromatic rings. The number of ketones is 1. The largest absolute Gasteiger partial charge is 0.496 e. The van der Waals surface area contributed by atoms with E-state index in [1.54, 1.807) is 40.4 Å². The number of nitrogens with zero attached hydrogens (tertiary/aromatic N) is 1. The van der Waals surface area contributed by atoms with Crippen LogP contribution in [-0.2, 0) is 11.3 Å². The first-order chi connectivity index (χ1) is 9.01. The Balaban J connectivity index is 3.06. The van der Waals surface area contributed by atoms with Gasteiger partial charge >= 0.3 is 0 Å². The maximum atomic E-state index is 11.1. The van der Waals surface area contributed by atoms with Gasteiger partial charge in [0.2, 0.25) is 0 Å². The first-order valence-electron chi connectivity index (χ1n) is 5.98. The molecular formula is C14H21NO4. The quantitative estimate of drug-likeness (QED) is 0.753. The first kappa shape index (κ1) is 15.3. The Morgan fingerprint density at radius 1 is 1.11 bits per heavy atom. The average molecular weight is 267 g/mol. The Morgan fingerprint density at radius 2 is 1.63 bits per heavy atom. The third kappa shape index (κ3) is 4.13. The van der Waals surface area contributed by atoms with Gasteiger partial charge in [0.05, 0.1) is 33.4 Å². The zero-order valence-electron chi connectivity index (χ0n) is 12.1. The minimum Gasteiger partial charge on any atom is -0.496 e. The molecule has 0 atom stereocenters. The molecule has 0 spiro atoms.